The van der Waals surface area contributed by atoms with E-state index >= 15 is 0 Å². The molecule has 4 rings (SSSR count). The maximum atomic E-state index is 12.6. The molecule has 0 aliphatic rings. The van der Waals surface area contributed by atoms with Gasteiger partial charge < -0.3 is 9.73 Å². The van der Waals surface area contributed by atoms with Gasteiger partial charge >= 0.3 is 0 Å². The molecule has 32 heavy (non-hydrogen) atoms. The van der Waals surface area contributed by atoms with Gasteiger partial charge in [0.1, 0.15) is 5.76 Å². The molecule has 1 N–H and O–H groups in total. The minimum absolute atomic E-state index is 0.0762. The monoisotopic (exact) mass is 466 g/mol. The average molecular weight is 467 g/mol. The standard InChI is InChI=1S/C24H23ClN4O2S/c1-16(19-8-10-20(25)11-9-19)26-22(30)15-32-24-28-27-23(21-12-13-31-17(21)2)29(24)14-18-6-4-3-5-7-18/h3-13,16H,14-15H2,1-2H3,(H,26,30). The minimum Gasteiger partial charge on any atom is -0.469 e. The van der Waals surface area contributed by atoms with Crippen LogP contribution in [0.2, 0.25) is 5.02 Å². The molecule has 164 valence electrons. The third-order valence-corrected chi connectivity index (χ3v) is 6.30. The minimum atomic E-state index is -0.119. The lowest BCUT2D eigenvalue weighted by Gasteiger charge is -2.14. The number of furan rings is 1. The Kier molecular flexibility index (Phi) is 6.97. The maximum Gasteiger partial charge on any atom is 0.230 e. The molecule has 2 aromatic heterocycles. The van der Waals surface area contributed by atoms with Crippen LogP contribution in [-0.4, -0.2) is 26.4 Å². The van der Waals surface area contributed by atoms with Crippen molar-refractivity contribution in [3.63, 3.8) is 0 Å². The van der Waals surface area contributed by atoms with E-state index in [0.29, 0.717) is 16.7 Å². The van der Waals surface area contributed by atoms with Gasteiger partial charge in [-0.15, -0.1) is 10.2 Å². The van der Waals surface area contributed by atoms with Gasteiger partial charge in [0.05, 0.1) is 30.2 Å². The first kappa shape index (κ1) is 22.2. The van der Waals surface area contributed by atoms with Crippen molar-refractivity contribution in [1.82, 2.24) is 20.1 Å². The van der Waals surface area contributed by atoms with Gasteiger partial charge in [-0.05, 0) is 43.2 Å². The second-order valence-corrected chi connectivity index (χ2v) is 8.78. The van der Waals surface area contributed by atoms with Crippen LogP contribution in [-0.2, 0) is 11.3 Å². The highest BCUT2D eigenvalue weighted by Gasteiger charge is 2.19. The van der Waals surface area contributed by atoms with Crippen molar-refractivity contribution in [1.29, 1.82) is 0 Å². The van der Waals surface area contributed by atoms with Crippen molar-refractivity contribution in [2.24, 2.45) is 0 Å². The summed E-state index contributed by atoms with van der Waals surface area (Å²) in [7, 11) is 0. The molecule has 8 heteroatoms. The fourth-order valence-electron chi connectivity index (χ4n) is 3.37. The summed E-state index contributed by atoms with van der Waals surface area (Å²) >= 11 is 7.31. The molecule has 2 heterocycles. The highest BCUT2D eigenvalue weighted by Crippen LogP contribution is 2.28. The molecule has 0 saturated carbocycles. The van der Waals surface area contributed by atoms with Gasteiger partial charge in [0.25, 0.3) is 0 Å². The van der Waals surface area contributed by atoms with Gasteiger partial charge in [-0.3, -0.25) is 9.36 Å². The van der Waals surface area contributed by atoms with Crippen LogP contribution in [0.25, 0.3) is 11.4 Å². The summed E-state index contributed by atoms with van der Waals surface area (Å²) in [6.45, 7) is 4.44. The first-order valence-corrected chi connectivity index (χ1v) is 11.6. The van der Waals surface area contributed by atoms with Crippen LogP contribution in [0.3, 0.4) is 0 Å². The van der Waals surface area contributed by atoms with E-state index in [2.05, 4.69) is 27.6 Å². The first-order chi connectivity index (χ1) is 15.5. The number of nitrogens with zero attached hydrogens (tertiary/aromatic N) is 3. The molecule has 0 spiro atoms. The first-order valence-electron chi connectivity index (χ1n) is 10.2. The number of hydrogen-bond donors (Lipinski definition) is 1. The third kappa shape index (κ3) is 5.23. The zero-order chi connectivity index (χ0) is 22.5. The molecule has 0 radical (unpaired) electrons. The fourth-order valence-corrected chi connectivity index (χ4v) is 4.24. The summed E-state index contributed by atoms with van der Waals surface area (Å²) < 4.78 is 7.49. The molecule has 1 atom stereocenters. The molecule has 0 aliphatic heterocycles. The Balaban J connectivity index is 1.49. The predicted molar refractivity (Wildman–Crippen MR) is 127 cm³/mol. The Labute approximate surface area is 196 Å². The third-order valence-electron chi connectivity index (χ3n) is 5.08. The highest BCUT2D eigenvalue weighted by atomic mass is 35.5. The average Bonchev–Trinajstić information content (AvgIpc) is 3.39. The van der Waals surface area contributed by atoms with E-state index in [0.717, 1.165) is 28.3 Å². The molecule has 1 amide bonds. The molecular weight excluding hydrogens is 444 g/mol. The van der Waals surface area contributed by atoms with E-state index in [1.54, 1.807) is 6.26 Å². The van der Waals surface area contributed by atoms with Crippen molar-refractivity contribution in [2.45, 2.75) is 31.6 Å². The Bertz CT molecular complexity index is 1190. The number of aromatic nitrogens is 3. The van der Waals surface area contributed by atoms with Crippen molar-refractivity contribution < 1.29 is 9.21 Å². The largest absolute Gasteiger partial charge is 0.469 e. The normalized spacial score (nSPS) is 12.0. The van der Waals surface area contributed by atoms with Crippen LogP contribution in [0.15, 0.2) is 76.5 Å². The highest BCUT2D eigenvalue weighted by molar-refractivity contribution is 7.99. The van der Waals surface area contributed by atoms with Crippen LogP contribution in [0.1, 0.15) is 29.9 Å². The molecule has 0 fully saturated rings. The van der Waals surface area contributed by atoms with E-state index in [1.165, 1.54) is 11.8 Å². The Morgan fingerprint density at radius 2 is 1.88 bits per heavy atom. The molecule has 0 bridgehead atoms. The topological polar surface area (TPSA) is 72.9 Å². The smallest absolute Gasteiger partial charge is 0.230 e. The Hall–Kier alpha value is -3.03. The van der Waals surface area contributed by atoms with Crippen LogP contribution in [0, 0.1) is 6.92 Å². The number of aryl methyl sites for hydroxylation is 1. The summed E-state index contributed by atoms with van der Waals surface area (Å²) in [5.74, 6) is 1.65. The summed E-state index contributed by atoms with van der Waals surface area (Å²) in [5, 5.41) is 13.1. The lowest BCUT2D eigenvalue weighted by molar-refractivity contribution is -0.119. The lowest BCUT2D eigenvalue weighted by Crippen LogP contribution is -2.28. The van der Waals surface area contributed by atoms with E-state index < -0.39 is 0 Å². The predicted octanol–water partition coefficient (Wildman–Crippen LogP) is 5.52. The van der Waals surface area contributed by atoms with Crippen LogP contribution in [0.4, 0.5) is 0 Å². The number of hydrogen-bond acceptors (Lipinski definition) is 5. The van der Waals surface area contributed by atoms with Crippen LogP contribution in [0.5, 0.6) is 0 Å². The van der Waals surface area contributed by atoms with Crippen molar-refractivity contribution in [3.05, 3.63) is 88.8 Å². The number of rotatable bonds is 8. The number of amides is 1. The summed E-state index contributed by atoms with van der Waals surface area (Å²) in [6, 6.07) is 19.3. The number of benzene rings is 2. The summed E-state index contributed by atoms with van der Waals surface area (Å²) in [6.07, 6.45) is 1.64. The number of carbonyl (C=O) groups is 1. The quantitative estimate of drug-likeness (QED) is 0.346. The van der Waals surface area contributed by atoms with E-state index in [-0.39, 0.29) is 17.7 Å². The number of thioether (sulfide) groups is 1. The molecule has 0 saturated heterocycles. The maximum absolute atomic E-state index is 12.6. The number of nitrogens with one attached hydrogen (secondary N) is 1. The van der Waals surface area contributed by atoms with Crippen molar-refractivity contribution >= 4 is 29.3 Å². The lowest BCUT2D eigenvalue weighted by atomic mass is 10.1. The summed E-state index contributed by atoms with van der Waals surface area (Å²) in [5.41, 5.74) is 3.01. The Morgan fingerprint density at radius 3 is 2.56 bits per heavy atom. The number of halogens is 1. The number of carbonyl (C=O) groups excluding carboxylic acids is 1. The van der Waals surface area contributed by atoms with Gasteiger partial charge in [-0.25, -0.2) is 0 Å². The van der Waals surface area contributed by atoms with Crippen LogP contribution >= 0.6 is 23.4 Å². The van der Waals surface area contributed by atoms with Gasteiger partial charge in [-0.1, -0.05) is 65.8 Å². The molecule has 6 nitrogen and oxygen atoms in total. The Morgan fingerprint density at radius 1 is 1.12 bits per heavy atom. The SMILES string of the molecule is Cc1occc1-c1nnc(SCC(=O)NC(C)c2ccc(Cl)cc2)n1Cc1ccccc1. The van der Waals surface area contributed by atoms with Gasteiger partial charge in [0.15, 0.2) is 11.0 Å². The van der Waals surface area contributed by atoms with Gasteiger partial charge in [0.2, 0.25) is 5.91 Å². The van der Waals surface area contributed by atoms with E-state index in [1.807, 2.05) is 66.9 Å². The van der Waals surface area contributed by atoms with Crippen molar-refractivity contribution in [3.8, 4) is 11.4 Å². The molecule has 0 aliphatic carbocycles. The van der Waals surface area contributed by atoms with Gasteiger partial charge in [-0.2, -0.15) is 0 Å². The second kappa shape index (κ2) is 10.1. The van der Waals surface area contributed by atoms with Crippen LogP contribution < -0.4 is 5.32 Å². The van der Waals surface area contributed by atoms with E-state index in [4.69, 9.17) is 16.0 Å². The zero-order valence-corrected chi connectivity index (χ0v) is 19.4. The second-order valence-electron chi connectivity index (χ2n) is 7.40. The fraction of sp³-hybridized carbons (Fsp3) is 0.208. The molecule has 4 aromatic rings. The molecule has 2 aromatic carbocycles. The van der Waals surface area contributed by atoms with Gasteiger partial charge in [0, 0.05) is 5.02 Å². The summed E-state index contributed by atoms with van der Waals surface area (Å²) in [4.78, 5) is 12.6. The molecule has 1 unspecified atom stereocenters. The van der Waals surface area contributed by atoms with E-state index in [9.17, 15) is 4.79 Å². The zero-order valence-electron chi connectivity index (χ0n) is 17.8. The molecular formula is C24H23ClN4O2S. The van der Waals surface area contributed by atoms with Crippen molar-refractivity contribution in [2.75, 3.05) is 5.75 Å².